The molecule has 0 aliphatic rings. The number of rotatable bonds is 4. The molecule has 4 nitrogen and oxygen atoms in total. The zero-order valence-corrected chi connectivity index (χ0v) is 12.0. The molecule has 0 radical (unpaired) electrons. The summed E-state index contributed by atoms with van der Waals surface area (Å²) in [5.74, 6) is 6.90. The molecule has 0 amide bonds. The maximum atomic E-state index is 5.53. The molecule has 0 fully saturated rings. The summed E-state index contributed by atoms with van der Waals surface area (Å²) < 4.78 is 0. The Balaban J connectivity index is 2.20. The van der Waals surface area contributed by atoms with Crippen molar-refractivity contribution < 1.29 is 0 Å². The first kappa shape index (κ1) is 13.5. The lowest BCUT2D eigenvalue weighted by molar-refractivity contribution is 0.875. The quantitative estimate of drug-likeness (QED) is 0.566. The first-order chi connectivity index (χ1) is 10.3. The molecule has 0 aliphatic carbocycles. The fraction of sp³-hybridized carbons (Fsp3) is 0.176. The fourth-order valence-corrected chi connectivity index (χ4v) is 2.50. The van der Waals surface area contributed by atoms with Crippen molar-refractivity contribution in [3.63, 3.8) is 0 Å². The van der Waals surface area contributed by atoms with Gasteiger partial charge in [-0.1, -0.05) is 55.8 Å². The topological polar surface area (TPSA) is 63.8 Å². The summed E-state index contributed by atoms with van der Waals surface area (Å²) in [6.45, 7) is 2.13. The Morgan fingerprint density at radius 3 is 2.67 bits per heavy atom. The van der Waals surface area contributed by atoms with Crippen LogP contribution in [0.15, 0.2) is 48.5 Å². The minimum absolute atomic E-state index is 0.649. The fourth-order valence-electron chi connectivity index (χ4n) is 2.50. The largest absolute Gasteiger partial charge is 0.308 e. The van der Waals surface area contributed by atoms with Gasteiger partial charge in [0.1, 0.15) is 5.82 Å². The summed E-state index contributed by atoms with van der Waals surface area (Å²) in [6.07, 6.45) is 1.95. The third-order valence-electron chi connectivity index (χ3n) is 3.46. The van der Waals surface area contributed by atoms with Gasteiger partial charge in [0, 0.05) is 17.3 Å². The minimum atomic E-state index is 0.649. The van der Waals surface area contributed by atoms with Crippen molar-refractivity contribution in [3.05, 3.63) is 54.2 Å². The number of hydrogen-bond donors (Lipinski definition) is 2. The number of nitrogens with two attached hydrogens (primary N) is 1. The lowest BCUT2D eigenvalue weighted by Gasteiger charge is -2.09. The van der Waals surface area contributed by atoms with Crippen LogP contribution in [0.3, 0.4) is 0 Å². The molecular formula is C17H18N4. The lowest BCUT2D eigenvalue weighted by atomic mass is 10.0. The van der Waals surface area contributed by atoms with Gasteiger partial charge in [0.25, 0.3) is 0 Å². The number of benzene rings is 2. The van der Waals surface area contributed by atoms with Crippen LogP contribution in [-0.4, -0.2) is 9.97 Å². The van der Waals surface area contributed by atoms with Crippen LogP contribution in [0.25, 0.3) is 22.2 Å². The first-order valence-electron chi connectivity index (χ1n) is 7.14. The summed E-state index contributed by atoms with van der Waals surface area (Å²) in [7, 11) is 0. The van der Waals surface area contributed by atoms with Crippen molar-refractivity contribution in [1.82, 2.24) is 9.97 Å². The van der Waals surface area contributed by atoms with E-state index in [1.165, 1.54) is 5.39 Å². The van der Waals surface area contributed by atoms with Crippen molar-refractivity contribution in [2.75, 3.05) is 5.43 Å². The van der Waals surface area contributed by atoms with Gasteiger partial charge in [-0.3, -0.25) is 0 Å². The molecule has 1 aromatic heterocycles. The number of hydrogen-bond acceptors (Lipinski definition) is 4. The predicted octanol–water partition coefficient (Wildman–Crippen LogP) is 3.53. The molecule has 0 atom stereocenters. The molecule has 0 bridgehead atoms. The summed E-state index contributed by atoms with van der Waals surface area (Å²) in [5, 5.41) is 2.33. The van der Waals surface area contributed by atoms with Gasteiger partial charge in [0.15, 0.2) is 5.82 Å². The maximum absolute atomic E-state index is 5.53. The van der Waals surface area contributed by atoms with E-state index in [-0.39, 0.29) is 0 Å². The summed E-state index contributed by atoms with van der Waals surface area (Å²) in [5.41, 5.74) is 4.67. The van der Waals surface area contributed by atoms with E-state index >= 15 is 0 Å². The Hall–Kier alpha value is -2.46. The van der Waals surface area contributed by atoms with Gasteiger partial charge in [0.2, 0.25) is 0 Å². The van der Waals surface area contributed by atoms with E-state index in [2.05, 4.69) is 40.5 Å². The molecule has 0 spiro atoms. The second-order valence-electron chi connectivity index (χ2n) is 4.99. The molecular weight excluding hydrogens is 260 g/mol. The molecule has 2 aromatic carbocycles. The molecule has 3 rings (SSSR count). The van der Waals surface area contributed by atoms with Crippen LogP contribution in [0.5, 0.6) is 0 Å². The van der Waals surface area contributed by atoms with Gasteiger partial charge in [-0.2, -0.15) is 0 Å². The van der Waals surface area contributed by atoms with Crippen LogP contribution >= 0.6 is 0 Å². The van der Waals surface area contributed by atoms with E-state index in [1.807, 2.05) is 30.3 Å². The average Bonchev–Trinajstić information content (AvgIpc) is 2.54. The van der Waals surface area contributed by atoms with E-state index in [4.69, 9.17) is 5.84 Å². The number of hydrazine groups is 1. The van der Waals surface area contributed by atoms with Crippen molar-refractivity contribution >= 4 is 16.6 Å². The lowest BCUT2D eigenvalue weighted by Crippen LogP contribution is -2.10. The van der Waals surface area contributed by atoms with E-state index in [0.717, 1.165) is 29.5 Å². The monoisotopic (exact) mass is 278 g/mol. The standard InChI is InChI=1S/C17H18N4/c1-2-6-13-11-16(21-18)20-17(19-13)15-10-5-8-12-7-3-4-9-14(12)15/h3-5,7-11H,2,6,18H2,1H3,(H,19,20,21). The smallest absolute Gasteiger partial charge is 0.162 e. The molecule has 21 heavy (non-hydrogen) atoms. The Morgan fingerprint density at radius 1 is 1.05 bits per heavy atom. The SMILES string of the molecule is CCCc1cc(NN)nc(-c2cccc3ccccc23)n1. The zero-order chi connectivity index (χ0) is 14.7. The highest BCUT2D eigenvalue weighted by atomic mass is 15.3. The number of fused-ring (bicyclic) bond motifs is 1. The molecule has 0 saturated heterocycles. The normalized spacial score (nSPS) is 10.8. The maximum Gasteiger partial charge on any atom is 0.162 e. The second kappa shape index (κ2) is 5.89. The second-order valence-corrected chi connectivity index (χ2v) is 4.99. The van der Waals surface area contributed by atoms with Crippen molar-refractivity contribution in [2.45, 2.75) is 19.8 Å². The van der Waals surface area contributed by atoms with Crippen molar-refractivity contribution in [2.24, 2.45) is 5.84 Å². The molecule has 0 aliphatic heterocycles. The van der Waals surface area contributed by atoms with Gasteiger partial charge < -0.3 is 5.43 Å². The Morgan fingerprint density at radius 2 is 1.86 bits per heavy atom. The van der Waals surface area contributed by atoms with Crippen molar-refractivity contribution in [1.29, 1.82) is 0 Å². The molecule has 1 heterocycles. The number of nitrogens with zero attached hydrogens (tertiary/aromatic N) is 2. The molecule has 0 saturated carbocycles. The molecule has 3 aromatic rings. The van der Waals surface area contributed by atoms with E-state index in [9.17, 15) is 0 Å². The van der Waals surface area contributed by atoms with Gasteiger partial charge in [0.05, 0.1) is 0 Å². The number of aryl methyl sites for hydroxylation is 1. The first-order valence-corrected chi connectivity index (χ1v) is 7.14. The number of nitrogens with one attached hydrogen (secondary N) is 1. The minimum Gasteiger partial charge on any atom is -0.308 e. The van der Waals surface area contributed by atoms with Crippen molar-refractivity contribution in [3.8, 4) is 11.4 Å². The van der Waals surface area contributed by atoms with Crippen LogP contribution in [-0.2, 0) is 6.42 Å². The highest BCUT2D eigenvalue weighted by molar-refractivity contribution is 5.95. The molecule has 106 valence electrons. The number of aromatic nitrogens is 2. The van der Waals surface area contributed by atoms with Gasteiger partial charge in [-0.15, -0.1) is 0 Å². The molecule has 0 unspecified atom stereocenters. The summed E-state index contributed by atoms with van der Waals surface area (Å²) >= 11 is 0. The third-order valence-corrected chi connectivity index (χ3v) is 3.46. The van der Waals surface area contributed by atoms with Crippen LogP contribution in [0, 0.1) is 0 Å². The van der Waals surface area contributed by atoms with Crippen LogP contribution in [0.2, 0.25) is 0 Å². The molecule has 4 heteroatoms. The van der Waals surface area contributed by atoms with Crippen LogP contribution in [0.4, 0.5) is 5.82 Å². The van der Waals surface area contributed by atoms with Gasteiger partial charge in [-0.25, -0.2) is 15.8 Å². The summed E-state index contributed by atoms with van der Waals surface area (Å²) in [6, 6.07) is 16.3. The van der Waals surface area contributed by atoms with Crippen LogP contribution < -0.4 is 11.3 Å². The molecule has 3 N–H and O–H groups in total. The van der Waals surface area contributed by atoms with E-state index in [0.29, 0.717) is 11.6 Å². The van der Waals surface area contributed by atoms with E-state index < -0.39 is 0 Å². The zero-order valence-electron chi connectivity index (χ0n) is 12.0. The highest BCUT2D eigenvalue weighted by Crippen LogP contribution is 2.27. The third kappa shape index (κ3) is 2.71. The van der Waals surface area contributed by atoms with Gasteiger partial charge in [-0.05, 0) is 17.2 Å². The average molecular weight is 278 g/mol. The van der Waals surface area contributed by atoms with Crippen LogP contribution in [0.1, 0.15) is 19.0 Å². The summed E-state index contributed by atoms with van der Waals surface area (Å²) in [4.78, 5) is 9.19. The van der Waals surface area contributed by atoms with Gasteiger partial charge >= 0.3 is 0 Å². The number of nitrogen functional groups attached to an aromatic ring is 1. The van der Waals surface area contributed by atoms with E-state index in [1.54, 1.807) is 0 Å². The number of anilines is 1. The Kier molecular flexibility index (Phi) is 3.79. The highest BCUT2D eigenvalue weighted by Gasteiger charge is 2.09. The Labute approximate surface area is 124 Å². The Bertz CT molecular complexity index is 762. The predicted molar refractivity (Wildman–Crippen MR) is 86.8 cm³/mol.